The molecule has 2 bridgehead atoms. The molecule has 0 saturated carbocycles. The van der Waals surface area contributed by atoms with Crippen LogP contribution in [0.2, 0.25) is 0 Å². The summed E-state index contributed by atoms with van der Waals surface area (Å²) >= 11 is 3.34. The Morgan fingerprint density at radius 2 is 1.26 bits per heavy atom. The van der Waals surface area contributed by atoms with E-state index < -0.39 is 11.9 Å². The van der Waals surface area contributed by atoms with Gasteiger partial charge in [-0.25, -0.2) is 14.6 Å². The van der Waals surface area contributed by atoms with Crippen LogP contribution in [0.4, 0.5) is 0 Å². The van der Waals surface area contributed by atoms with E-state index in [1.165, 1.54) is 12.1 Å². The fourth-order valence-electron chi connectivity index (χ4n) is 1.74. The van der Waals surface area contributed by atoms with E-state index >= 15 is 0 Å². The Morgan fingerprint density at radius 3 is 1.78 bits per heavy atom. The van der Waals surface area contributed by atoms with E-state index in [1.807, 2.05) is 0 Å². The van der Waals surface area contributed by atoms with Gasteiger partial charge in [-0.3, -0.25) is 0 Å². The molecule has 0 fully saturated rings. The highest BCUT2D eigenvalue weighted by atomic mass is 32.2. The zero-order valence-corrected chi connectivity index (χ0v) is 14.3. The molecule has 0 unspecified atom stereocenters. The van der Waals surface area contributed by atoms with E-state index in [1.54, 1.807) is 29.6 Å². The number of cyclic esters (lactones) is 2. The van der Waals surface area contributed by atoms with Gasteiger partial charge in [0.05, 0.1) is 13.2 Å². The van der Waals surface area contributed by atoms with Gasteiger partial charge in [0.25, 0.3) is 0 Å². The molecular weight excluding hydrogens is 338 g/mol. The van der Waals surface area contributed by atoms with Crippen molar-refractivity contribution in [1.29, 1.82) is 0 Å². The number of esters is 2. The van der Waals surface area contributed by atoms with E-state index in [4.69, 9.17) is 14.2 Å². The van der Waals surface area contributed by atoms with Crippen molar-refractivity contribution in [3.05, 3.63) is 29.6 Å². The Balaban J connectivity index is 1.96. The van der Waals surface area contributed by atoms with Crippen molar-refractivity contribution in [2.45, 2.75) is 0 Å². The molecule has 0 aromatic carbocycles. The summed E-state index contributed by atoms with van der Waals surface area (Å²) in [5.41, 5.74) is 0.228. The summed E-state index contributed by atoms with van der Waals surface area (Å²) in [7, 11) is 0. The first-order valence-corrected chi connectivity index (χ1v) is 9.63. The largest absolute Gasteiger partial charge is 0.460 e. The quantitative estimate of drug-likeness (QED) is 0.652. The van der Waals surface area contributed by atoms with Crippen molar-refractivity contribution >= 4 is 35.5 Å². The molecule has 0 N–H and O–H groups in total. The van der Waals surface area contributed by atoms with E-state index in [0.717, 1.165) is 11.5 Å². The van der Waals surface area contributed by atoms with Gasteiger partial charge in [0.15, 0.2) is 0 Å². The predicted octanol–water partition coefficient (Wildman–Crippen LogP) is 1.89. The Bertz CT molecular complexity index is 485. The highest BCUT2D eigenvalue weighted by Gasteiger charge is 2.14. The van der Waals surface area contributed by atoms with Crippen LogP contribution < -0.4 is 0 Å². The van der Waals surface area contributed by atoms with Gasteiger partial charge in [0, 0.05) is 23.0 Å². The number of fused-ring (bicyclic) bond motifs is 2. The molecule has 0 radical (unpaired) electrons. The molecule has 6 nitrogen and oxygen atoms in total. The standard InChI is InChI=1S/C15H19NO5S2/c17-14-12-2-1-3-13(16-12)15(18)21-7-11-23-9-5-19-4-8-22-10-6-20-14/h1-3H,4-11H2. The third-order valence-electron chi connectivity index (χ3n) is 2.83. The summed E-state index contributed by atoms with van der Waals surface area (Å²) in [6.45, 7) is 1.96. The van der Waals surface area contributed by atoms with Crippen LogP contribution in [-0.2, 0) is 14.2 Å². The molecule has 1 aromatic rings. The third kappa shape index (κ3) is 6.80. The second-order valence-electron chi connectivity index (χ2n) is 4.52. The average molecular weight is 357 g/mol. The van der Waals surface area contributed by atoms with Gasteiger partial charge in [-0.2, -0.15) is 23.5 Å². The van der Waals surface area contributed by atoms with Gasteiger partial charge in [-0.1, -0.05) is 6.07 Å². The van der Waals surface area contributed by atoms with Gasteiger partial charge in [0.1, 0.15) is 24.6 Å². The lowest BCUT2D eigenvalue weighted by Gasteiger charge is -2.08. The second kappa shape index (κ2) is 10.5. The zero-order chi connectivity index (χ0) is 16.3. The number of rotatable bonds is 0. The molecule has 2 rings (SSSR count). The molecule has 0 amide bonds. The summed E-state index contributed by atoms with van der Waals surface area (Å²) in [6, 6.07) is 4.64. The second-order valence-corrected chi connectivity index (χ2v) is 6.97. The SMILES string of the molecule is O=C1OCCSCCOCCSCCOC(=O)c2cccc1n2. The molecule has 1 aliphatic rings. The van der Waals surface area contributed by atoms with Gasteiger partial charge in [-0.15, -0.1) is 0 Å². The third-order valence-corrected chi connectivity index (χ3v) is 4.65. The van der Waals surface area contributed by atoms with Crippen LogP contribution in [0.5, 0.6) is 0 Å². The Kier molecular flexibility index (Phi) is 8.27. The summed E-state index contributed by atoms with van der Waals surface area (Å²) in [5.74, 6) is 2.07. The lowest BCUT2D eigenvalue weighted by molar-refractivity contribution is 0.0515. The van der Waals surface area contributed by atoms with Crippen LogP contribution in [0.1, 0.15) is 21.0 Å². The summed E-state index contributed by atoms with van der Waals surface area (Å²) < 4.78 is 15.8. The van der Waals surface area contributed by atoms with Crippen LogP contribution in [0.15, 0.2) is 18.2 Å². The van der Waals surface area contributed by atoms with E-state index in [-0.39, 0.29) is 11.4 Å². The number of hydrogen-bond donors (Lipinski definition) is 0. The van der Waals surface area contributed by atoms with Crippen molar-refractivity contribution < 1.29 is 23.8 Å². The molecule has 126 valence electrons. The molecule has 0 saturated heterocycles. The molecule has 0 atom stereocenters. The van der Waals surface area contributed by atoms with Crippen LogP contribution in [-0.4, -0.2) is 66.4 Å². The minimum absolute atomic E-state index is 0.114. The number of carbonyl (C=O) groups is 2. The summed E-state index contributed by atoms with van der Waals surface area (Å²) in [5, 5.41) is 0. The maximum Gasteiger partial charge on any atom is 0.356 e. The molecule has 2 heterocycles. The smallest absolute Gasteiger partial charge is 0.356 e. The predicted molar refractivity (Wildman–Crippen MR) is 90.3 cm³/mol. The first-order valence-electron chi connectivity index (χ1n) is 7.32. The van der Waals surface area contributed by atoms with Gasteiger partial charge in [-0.05, 0) is 12.1 Å². The number of pyridine rings is 1. The van der Waals surface area contributed by atoms with E-state index in [0.29, 0.717) is 37.9 Å². The van der Waals surface area contributed by atoms with Gasteiger partial charge >= 0.3 is 11.9 Å². The van der Waals surface area contributed by atoms with Crippen LogP contribution in [0.25, 0.3) is 0 Å². The minimum atomic E-state index is -0.534. The maximum absolute atomic E-state index is 11.9. The molecular formula is C15H19NO5S2. The molecule has 1 aromatic heterocycles. The number of aromatic nitrogens is 1. The number of nitrogens with zero attached hydrogens (tertiary/aromatic N) is 1. The van der Waals surface area contributed by atoms with Crippen molar-refractivity contribution in [2.24, 2.45) is 0 Å². The topological polar surface area (TPSA) is 74.7 Å². The first kappa shape index (κ1) is 18.1. The Hall–Kier alpha value is -1.25. The molecule has 8 heteroatoms. The summed E-state index contributed by atoms with van der Waals surface area (Å²) in [4.78, 5) is 27.8. The normalized spacial score (nSPS) is 19.1. The Morgan fingerprint density at radius 1 is 0.783 bits per heavy atom. The molecule has 0 spiro atoms. The highest BCUT2D eigenvalue weighted by Crippen LogP contribution is 2.07. The average Bonchev–Trinajstić information content (AvgIpc) is 2.58. The van der Waals surface area contributed by atoms with Crippen LogP contribution in [0.3, 0.4) is 0 Å². The first-order chi connectivity index (χ1) is 11.3. The van der Waals surface area contributed by atoms with Crippen LogP contribution >= 0.6 is 23.5 Å². The maximum atomic E-state index is 11.9. The molecule has 0 aliphatic carbocycles. The lowest BCUT2D eigenvalue weighted by Crippen LogP contribution is -2.15. The van der Waals surface area contributed by atoms with Crippen LogP contribution in [0, 0.1) is 0 Å². The number of hydrogen-bond acceptors (Lipinski definition) is 8. The Labute approximate surface area is 143 Å². The highest BCUT2D eigenvalue weighted by molar-refractivity contribution is 7.99. The molecule has 23 heavy (non-hydrogen) atoms. The molecule has 1 aliphatic heterocycles. The minimum Gasteiger partial charge on any atom is -0.460 e. The van der Waals surface area contributed by atoms with E-state index in [2.05, 4.69) is 4.98 Å². The monoisotopic (exact) mass is 357 g/mol. The van der Waals surface area contributed by atoms with Gasteiger partial charge in [0.2, 0.25) is 0 Å². The number of thioether (sulfide) groups is 2. The van der Waals surface area contributed by atoms with Crippen molar-refractivity contribution in [3.8, 4) is 0 Å². The van der Waals surface area contributed by atoms with Gasteiger partial charge < -0.3 is 14.2 Å². The number of ether oxygens (including phenoxy) is 3. The fourth-order valence-corrected chi connectivity index (χ4v) is 3.02. The lowest BCUT2D eigenvalue weighted by atomic mass is 10.3. The summed E-state index contributed by atoms with van der Waals surface area (Å²) in [6.07, 6.45) is 0. The number of carbonyl (C=O) groups excluding carboxylic acids is 2. The van der Waals surface area contributed by atoms with E-state index in [9.17, 15) is 9.59 Å². The van der Waals surface area contributed by atoms with Crippen molar-refractivity contribution in [2.75, 3.05) is 49.4 Å². The zero-order valence-electron chi connectivity index (χ0n) is 12.7. The fraction of sp³-hybridized carbons (Fsp3) is 0.533. The van der Waals surface area contributed by atoms with Crippen molar-refractivity contribution in [3.63, 3.8) is 0 Å². The van der Waals surface area contributed by atoms with Crippen molar-refractivity contribution in [1.82, 2.24) is 4.98 Å².